The topological polar surface area (TPSA) is 84.5 Å². The summed E-state index contributed by atoms with van der Waals surface area (Å²) in [5.41, 5.74) is 0.685. The van der Waals surface area contributed by atoms with Gasteiger partial charge in [0, 0.05) is 31.2 Å². The largest absolute Gasteiger partial charge is 0.382 e. The number of ether oxygens (including phenoxy) is 1. The van der Waals surface area contributed by atoms with E-state index in [0.29, 0.717) is 36.8 Å². The van der Waals surface area contributed by atoms with Crippen molar-refractivity contribution in [1.29, 1.82) is 0 Å². The zero-order valence-corrected chi connectivity index (χ0v) is 14.9. The van der Waals surface area contributed by atoms with E-state index in [1.807, 2.05) is 6.92 Å². The lowest BCUT2D eigenvalue weighted by Crippen LogP contribution is -2.33. The van der Waals surface area contributed by atoms with E-state index < -0.39 is 16.1 Å². The first kappa shape index (κ1) is 19.9. The van der Waals surface area contributed by atoms with Gasteiger partial charge in [0.2, 0.25) is 15.9 Å². The van der Waals surface area contributed by atoms with Crippen LogP contribution in [0.3, 0.4) is 0 Å². The summed E-state index contributed by atoms with van der Waals surface area (Å²) in [5.74, 6) is -0.224. The highest BCUT2D eigenvalue weighted by atomic mass is 35.5. The fourth-order valence-electron chi connectivity index (χ4n) is 1.99. The Kier molecular flexibility index (Phi) is 8.54. The lowest BCUT2D eigenvalue weighted by Gasteiger charge is -2.18. The van der Waals surface area contributed by atoms with E-state index >= 15 is 0 Å². The molecule has 130 valence electrons. The molecule has 23 heavy (non-hydrogen) atoms. The lowest BCUT2D eigenvalue weighted by atomic mass is 10.0. The first-order valence-electron chi connectivity index (χ1n) is 7.39. The summed E-state index contributed by atoms with van der Waals surface area (Å²) in [6, 6.07) is 6.09. The number of sulfonamides is 1. The minimum atomic E-state index is -3.44. The summed E-state index contributed by atoms with van der Waals surface area (Å²) in [4.78, 5) is 12.0. The van der Waals surface area contributed by atoms with Gasteiger partial charge in [-0.15, -0.1) is 0 Å². The zero-order valence-electron chi connectivity index (χ0n) is 13.3. The quantitative estimate of drug-likeness (QED) is 0.622. The molecular formula is C15H23ClN2O4S. The van der Waals surface area contributed by atoms with Crippen LogP contribution in [0.25, 0.3) is 0 Å². The molecule has 0 saturated heterocycles. The molecule has 0 aliphatic rings. The summed E-state index contributed by atoms with van der Waals surface area (Å²) in [5, 5.41) is 3.31. The van der Waals surface area contributed by atoms with Gasteiger partial charge in [-0.05, 0) is 31.0 Å². The molecule has 1 rings (SSSR count). The Hall–Kier alpha value is -1.15. The van der Waals surface area contributed by atoms with Crippen LogP contribution in [-0.2, 0) is 19.6 Å². The second-order valence-electron chi connectivity index (χ2n) is 5.10. The molecular weight excluding hydrogens is 340 g/mol. The molecule has 1 unspecified atom stereocenters. The van der Waals surface area contributed by atoms with Gasteiger partial charge in [0.15, 0.2) is 0 Å². The summed E-state index contributed by atoms with van der Waals surface area (Å²) in [7, 11) is -3.44. The number of carbonyl (C=O) groups excluding carboxylic acids is 1. The fourth-order valence-corrected chi connectivity index (χ4v) is 2.85. The molecule has 0 bridgehead atoms. The van der Waals surface area contributed by atoms with Crippen molar-refractivity contribution >= 4 is 27.5 Å². The maximum atomic E-state index is 12.0. The number of nitrogens with one attached hydrogen (secondary N) is 2. The average Bonchev–Trinajstić information content (AvgIpc) is 2.45. The van der Waals surface area contributed by atoms with E-state index in [1.54, 1.807) is 24.3 Å². The number of amides is 1. The first-order chi connectivity index (χ1) is 10.8. The van der Waals surface area contributed by atoms with Crippen LogP contribution in [0.5, 0.6) is 0 Å². The molecule has 1 atom stereocenters. The molecule has 0 heterocycles. The number of halogens is 1. The van der Waals surface area contributed by atoms with Crippen molar-refractivity contribution in [2.75, 3.05) is 26.0 Å². The van der Waals surface area contributed by atoms with E-state index in [4.69, 9.17) is 16.3 Å². The number of hydrogen-bond acceptors (Lipinski definition) is 4. The second kappa shape index (κ2) is 9.87. The summed E-state index contributed by atoms with van der Waals surface area (Å²) in [6.45, 7) is 3.63. The van der Waals surface area contributed by atoms with Crippen LogP contribution >= 0.6 is 11.6 Å². The summed E-state index contributed by atoms with van der Waals surface area (Å²) >= 11 is 5.84. The third-order valence-electron chi connectivity index (χ3n) is 3.01. The van der Waals surface area contributed by atoms with Gasteiger partial charge in [-0.1, -0.05) is 23.7 Å². The Morgan fingerprint density at radius 3 is 2.52 bits per heavy atom. The minimum absolute atomic E-state index is 0.0172. The molecule has 0 aromatic heterocycles. The van der Waals surface area contributed by atoms with Gasteiger partial charge in [-0.3, -0.25) is 4.79 Å². The third-order valence-corrected chi connectivity index (χ3v) is 3.97. The third kappa shape index (κ3) is 8.90. The number of hydrogen-bond donors (Lipinski definition) is 2. The van der Waals surface area contributed by atoms with E-state index in [2.05, 4.69) is 10.0 Å². The van der Waals surface area contributed by atoms with Gasteiger partial charge >= 0.3 is 0 Å². The Morgan fingerprint density at radius 1 is 1.30 bits per heavy atom. The van der Waals surface area contributed by atoms with Crippen molar-refractivity contribution < 1.29 is 17.9 Å². The maximum absolute atomic E-state index is 12.0. The van der Waals surface area contributed by atoms with Crippen molar-refractivity contribution in [3.05, 3.63) is 34.9 Å². The molecule has 0 saturated carbocycles. The maximum Gasteiger partial charge on any atom is 0.221 e. The number of rotatable bonds is 10. The van der Waals surface area contributed by atoms with Crippen molar-refractivity contribution in [1.82, 2.24) is 10.0 Å². The molecule has 1 amide bonds. The van der Waals surface area contributed by atoms with Crippen molar-refractivity contribution in [3.63, 3.8) is 0 Å². The van der Waals surface area contributed by atoms with Crippen LogP contribution in [0.4, 0.5) is 0 Å². The van der Waals surface area contributed by atoms with Crippen LogP contribution in [0.1, 0.15) is 31.4 Å². The van der Waals surface area contributed by atoms with Crippen LogP contribution < -0.4 is 10.0 Å². The van der Waals surface area contributed by atoms with Crippen molar-refractivity contribution in [2.45, 2.75) is 25.8 Å². The predicted molar refractivity (Wildman–Crippen MR) is 90.9 cm³/mol. The standard InChI is InChI=1S/C15H23ClN2O4S/c1-3-22-10-4-9-17-15(19)11-14(18-23(2,20)21)12-5-7-13(16)8-6-12/h5-8,14,18H,3-4,9-11H2,1-2H3,(H,17,19). The highest BCUT2D eigenvalue weighted by molar-refractivity contribution is 7.88. The monoisotopic (exact) mass is 362 g/mol. The van der Waals surface area contributed by atoms with Gasteiger partial charge in [0.1, 0.15) is 0 Å². The smallest absolute Gasteiger partial charge is 0.221 e. The second-order valence-corrected chi connectivity index (χ2v) is 7.32. The van der Waals surface area contributed by atoms with Gasteiger partial charge in [0.25, 0.3) is 0 Å². The first-order valence-corrected chi connectivity index (χ1v) is 9.66. The number of carbonyl (C=O) groups is 1. The van der Waals surface area contributed by atoms with E-state index in [-0.39, 0.29) is 12.3 Å². The SMILES string of the molecule is CCOCCCNC(=O)CC(NS(C)(=O)=O)c1ccc(Cl)cc1. The van der Waals surface area contributed by atoms with Gasteiger partial charge < -0.3 is 10.1 Å². The van der Waals surface area contributed by atoms with Crippen LogP contribution in [0.15, 0.2) is 24.3 Å². The van der Waals surface area contributed by atoms with Crippen molar-refractivity contribution in [2.24, 2.45) is 0 Å². The lowest BCUT2D eigenvalue weighted by molar-refractivity contribution is -0.121. The highest BCUT2D eigenvalue weighted by Gasteiger charge is 2.19. The highest BCUT2D eigenvalue weighted by Crippen LogP contribution is 2.20. The molecule has 8 heteroatoms. The van der Waals surface area contributed by atoms with Gasteiger partial charge in [0.05, 0.1) is 12.3 Å². The Morgan fingerprint density at radius 2 is 1.96 bits per heavy atom. The summed E-state index contributed by atoms with van der Waals surface area (Å²) < 4.78 is 30.7. The Bertz CT molecular complexity index is 590. The normalized spacial score (nSPS) is 12.8. The molecule has 1 aromatic carbocycles. The number of benzene rings is 1. The summed E-state index contributed by atoms with van der Waals surface area (Å²) in [6.07, 6.45) is 1.80. The van der Waals surface area contributed by atoms with E-state index in [0.717, 1.165) is 6.26 Å². The van der Waals surface area contributed by atoms with Gasteiger partial charge in [-0.25, -0.2) is 13.1 Å². The van der Waals surface area contributed by atoms with Gasteiger partial charge in [-0.2, -0.15) is 0 Å². The van der Waals surface area contributed by atoms with Crippen LogP contribution in [-0.4, -0.2) is 40.3 Å². The molecule has 2 N–H and O–H groups in total. The average molecular weight is 363 g/mol. The molecule has 0 radical (unpaired) electrons. The van der Waals surface area contributed by atoms with Crippen LogP contribution in [0.2, 0.25) is 5.02 Å². The molecule has 0 spiro atoms. The van der Waals surface area contributed by atoms with E-state index in [9.17, 15) is 13.2 Å². The molecule has 0 aliphatic heterocycles. The predicted octanol–water partition coefficient (Wildman–Crippen LogP) is 1.86. The van der Waals surface area contributed by atoms with E-state index in [1.165, 1.54) is 0 Å². The van der Waals surface area contributed by atoms with Crippen molar-refractivity contribution in [3.8, 4) is 0 Å². The zero-order chi connectivity index (χ0) is 17.3. The fraction of sp³-hybridized carbons (Fsp3) is 0.533. The Balaban J connectivity index is 2.62. The molecule has 1 aromatic rings. The molecule has 0 fully saturated rings. The van der Waals surface area contributed by atoms with Crippen LogP contribution in [0, 0.1) is 0 Å². The molecule has 6 nitrogen and oxygen atoms in total. The molecule has 0 aliphatic carbocycles. The Labute approximate surface area is 142 Å². The minimum Gasteiger partial charge on any atom is -0.382 e.